The van der Waals surface area contributed by atoms with Crippen molar-refractivity contribution in [3.8, 4) is 11.5 Å². The zero-order valence-corrected chi connectivity index (χ0v) is 14.3. The summed E-state index contributed by atoms with van der Waals surface area (Å²) in [4.78, 5) is 23.6. The lowest BCUT2D eigenvalue weighted by atomic mass is 10.2. The van der Waals surface area contributed by atoms with Crippen molar-refractivity contribution < 1.29 is 19.4 Å². The van der Waals surface area contributed by atoms with Gasteiger partial charge in [-0.2, -0.15) is 5.10 Å². The number of hydrazone groups is 1. The molecule has 0 saturated carbocycles. The van der Waals surface area contributed by atoms with Crippen LogP contribution >= 0.6 is 11.6 Å². The summed E-state index contributed by atoms with van der Waals surface area (Å²) in [5.74, 6) is -1.52. The zero-order valence-electron chi connectivity index (χ0n) is 13.5. The van der Waals surface area contributed by atoms with Crippen molar-refractivity contribution in [2.75, 3.05) is 12.4 Å². The normalized spacial score (nSPS) is 10.5. The number of hydrogen-bond donors (Lipinski definition) is 3. The minimum atomic E-state index is -0.920. The van der Waals surface area contributed by atoms with Crippen LogP contribution in [0.2, 0.25) is 5.02 Å². The van der Waals surface area contributed by atoms with Crippen LogP contribution in [0.25, 0.3) is 0 Å². The molecule has 7 nitrogen and oxygen atoms in total. The van der Waals surface area contributed by atoms with Gasteiger partial charge in [0, 0.05) is 10.7 Å². The molecule has 0 aromatic heterocycles. The van der Waals surface area contributed by atoms with E-state index in [1.807, 2.05) is 0 Å². The van der Waals surface area contributed by atoms with Crippen molar-refractivity contribution in [2.24, 2.45) is 5.10 Å². The number of hydrogen-bond acceptors (Lipinski definition) is 5. The van der Waals surface area contributed by atoms with Gasteiger partial charge in [0.15, 0.2) is 11.5 Å². The molecule has 0 fully saturated rings. The van der Waals surface area contributed by atoms with Gasteiger partial charge in [-0.3, -0.25) is 9.59 Å². The Balaban J connectivity index is 1.96. The molecule has 2 aromatic rings. The summed E-state index contributed by atoms with van der Waals surface area (Å²) in [7, 11) is 1.42. The fourth-order valence-corrected chi connectivity index (χ4v) is 2.16. The van der Waals surface area contributed by atoms with E-state index in [0.717, 1.165) is 5.56 Å². The Labute approximate surface area is 149 Å². The smallest absolute Gasteiger partial charge is 0.329 e. The van der Waals surface area contributed by atoms with E-state index in [1.165, 1.54) is 25.5 Å². The summed E-state index contributed by atoms with van der Waals surface area (Å²) in [6.07, 6.45) is 1.32. The summed E-state index contributed by atoms with van der Waals surface area (Å²) < 4.78 is 4.96. The van der Waals surface area contributed by atoms with Crippen LogP contribution in [0.3, 0.4) is 0 Å². The van der Waals surface area contributed by atoms with E-state index >= 15 is 0 Å². The number of nitrogens with zero attached hydrogens (tertiary/aromatic N) is 1. The van der Waals surface area contributed by atoms with E-state index in [-0.39, 0.29) is 11.5 Å². The fourth-order valence-electron chi connectivity index (χ4n) is 1.94. The van der Waals surface area contributed by atoms with Crippen LogP contribution in [-0.2, 0) is 9.59 Å². The number of phenolic OH excluding ortho intramolecular Hbond substituents is 1. The number of amides is 2. The van der Waals surface area contributed by atoms with Crippen LogP contribution < -0.4 is 15.5 Å². The van der Waals surface area contributed by atoms with Crippen LogP contribution in [0.1, 0.15) is 11.1 Å². The van der Waals surface area contributed by atoms with Crippen LogP contribution in [0.4, 0.5) is 5.69 Å². The molecule has 0 aliphatic rings. The Morgan fingerprint density at radius 1 is 1.20 bits per heavy atom. The second-order valence-electron chi connectivity index (χ2n) is 5.04. The Morgan fingerprint density at radius 3 is 2.64 bits per heavy atom. The number of nitrogens with one attached hydrogen (secondary N) is 2. The number of aryl methyl sites for hydroxylation is 1. The van der Waals surface area contributed by atoms with Gasteiger partial charge in [0.25, 0.3) is 0 Å². The lowest BCUT2D eigenvalue weighted by Crippen LogP contribution is -2.32. The van der Waals surface area contributed by atoms with E-state index in [4.69, 9.17) is 16.3 Å². The number of carbonyl (C=O) groups is 2. The van der Waals surface area contributed by atoms with Gasteiger partial charge in [-0.15, -0.1) is 0 Å². The van der Waals surface area contributed by atoms with Crippen molar-refractivity contribution in [2.45, 2.75) is 6.92 Å². The van der Waals surface area contributed by atoms with Gasteiger partial charge in [-0.05, 0) is 54.4 Å². The largest absolute Gasteiger partial charge is 0.504 e. The first-order valence-electron chi connectivity index (χ1n) is 7.18. The van der Waals surface area contributed by atoms with E-state index < -0.39 is 11.8 Å². The van der Waals surface area contributed by atoms with E-state index in [2.05, 4.69) is 15.8 Å². The number of anilines is 1. The van der Waals surface area contributed by atoms with Gasteiger partial charge in [0.1, 0.15) is 0 Å². The number of halogens is 1. The number of ether oxygens (including phenoxy) is 1. The van der Waals surface area contributed by atoms with Crippen LogP contribution in [-0.4, -0.2) is 30.2 Å². The van der Waals surface area contributed by atoms with Gasteiger partial charge in [-0.25, -0.2) is 5.43 Å². The predicted molar refractivity (Wildman–Crippen MR) is 95.2 cm³/mol. The number of phenols is 1. The molecule has 2 aromatic carbocycles. The van der Waals surface area contributed by atoms with Crippen molar-refractivity contribution in [3.63, 3.8) is 0 Å². The van der Waals surface area contributed by atoms with Gasteiger partial charge >= 0.3 is 11.8 Å². The molecule has 0 aliphatic heterocycles. The highest BCUT2D eigenvalue weighted by atomic mass is 35.5. The predicted octanol–water partition coefficient (Wildman–Crippen LogP) is 2.45. The second-order valence-corrected chi connectivity index (χ2v) is 5.48. The topological polar surface area (TPSA) is 100 Å². The standard InChI is InChI=1S/C17H16ClN3O4/c1-10-7-12(18)4-5-13(10)20-16(23)17(24)21-19-9-11-3-6-14(22)15(8-11)25-2/h3-9,22H,1-2H3,(H,20,23)(H,21,24)/b19-9+. The molecular weight excluding hydrogens is 346 g/mol. The maximum Gasteiger partial charge on any atom is 0.329 e. The van der Waals surface area contributed by atoms with Crippen LogP contribution in [0.15, 0.2) is 41.5 Å². The van der Waals surface area contributed by atoms with Crippen molar-refractivity contribution >= 4 is 35.3 Å². The lowest BCUT2D eigenvalue weighted by molar-refractivity contribution is -0.136. The molecule has 2 amide bonds. The Kier molecular flexibility index (Phi) is 5.97. The zero-order chi connectivity index (χ0) is 18.4. The Hall–Kier alpha value is -3.06. The highest BCUT2D eigenvalue weighted by Crippen LogP contribution is 2.25. The highest BCUT2D eigenvalue weighted by Gasteiger charge is 2.14. The molecule has 130 valence electrons. The van der Waals surface area contributed by atoms with Crippen LogP contribution in [0.5, 0.6) is 11.5 Å². The highest BCUT2D eigenvalue weighted by molar-refractivity contribution is 6.39. The van der Waals surface area contributed by atoms with E-state index in [1.54, 1.807) is 31.2 Å². The van der Waals surface area contributed by atoms with Gasteiger partial charge in [0.2, 0.25) is 0 Å². The molecule has 0 atom stereocenters. The second kappa shape index (κ2) is 8.16. The SMILES string of the molecule is COc1cc(/C=N/NC(=O)C(=O)Nc2ccc(Cl)cc2C)ccc1O. The molecule has 0 unspecified atom stereocenters. The Bertz CT molecular complexity index is 837. The fraction of sp³-hybridized carbons (Fsp3) is 0.118. The van der Waals surface area contributed by atoms with Gasteiger partial charge < -0.3 is 15.2 Å². The summed E-state index contributed by atoms with van der Waals surface area (Å²) in [6, 6.07) is 9.42. The number of benzene rings is 2. The molecular formula is C17H16ClN3O4. The number of aromatic hydroxyl groups is 1. The molecule has 0 saturated heterocycles. The Morgan fingerprint density at radius 2 is 1.96 bits per heavy atom. The van der Waals surface area contributed by atoms with Crippen LogP contribution in [0, 0.1) is 6.92 Å². The molecule has 0 spiro atoms. The van der Waals surface area contributed by atoms with Gasteiger partial charge in [0.05, 0.1) is 13.3 Å². The summed E-state index contributed by atoms with van der Waals surface area (Å²) in [5, 5.41) is 16.2. The molecule has 3 N–H and O–H groups in total. The number of carbonyl (C=O) groups excluding carboxylic acids is 2. The van der Waals surface area contributed by atoms with Crippen molar-refractivity contribution in [1.29, 1.82) is 0 Å². The molecule has 0 heterocycles. The quantitative estimate of drug-likeness (QED) is 0.442. The van der Waals surface area contributed by atoms with E-state index in [0.29, 0.717) is 16.3 Å². The summed E-state index contributed by atoms with van der Waals surface area (Å²) in [6.45, 7) is 1.76. The average molecular weight is 362 g/mol. The first-order chi connectivity index (χ1) is 11.9. The molecule has 0 aliphatic carbocycles. The van der Waals surface area contributed by atoms with Crippen molar-refractivity contribution in [1.82, 2.24) is 5.43 Å². The monoisotopic (exact) mass is 361 g/mol. The third kappa shape index (κ3) is 4.95. The first kappa shape index (κ1) is 18.3. The average Bonchev–Trinajstić information content (AvgIpc) is 2.58. The maximum atomic E-state index is 11.9. The lowest BCUT2D eigenvalue weighted by Gasteiger charge is -2.07. The van der Waals surface area contributed by atoms with E-state index in [9.17, 15) is 14.7 Å². The molecule has 8 heteroatoms. The summed E-state index contributed by atoms with van der Waals surface area (Å²) >= 11 is 5.84. The van der Waals surface area contributed by atoms with Gasteiger partial charge in [-0.1, -0.05) is 11.6 Å². The summed E-state index contributed by atoms with van der Waals surface area (Å²) in [5.41, 5.74) is 3.91. The molecule has 0 bridgehead atoms. The van der Waals surface area contributed by atoms with Crippen molar-refractivity contribution in [3.05, 3.63) is 52.5 Å². The first-order valence-corrected chi connectivity index (χ1v) is 7.56. The third-order valence-electron chi connectivity index (χ3n) is 3.23. The molecule has 2 rings (SSSR count). The molecule has 0 radical (unpaired) electrons. The number of methoxy groups -OCH3 is 1. The minimum Gasteiger partial charge on any atom is -0.504 e. The number of rotatable bonds is 4. The molecule has 25 heavy (non-hydrogen) atoms. The minimum absolute atomic E-state index is 0.0126. The maximum absolute atomic E-state index is 11.9. The third-order valence-corrected chi connectivity index (χ3v) is 3.46.